The molecule has 1 aromatic carbocycles. The molecule has 2 heterocycles. The van der Waals surface area contributed by atoms with Crippen molar-refractivity contribution in [3.05, 3.63) is 30.2 Å². The Hall–Kier alpha value is -3.36. The molecule has 1 fully saturated rings. The summed E-state index contributed by atoms with van der Waals surface area (Å²) in [6.45, 7) is 4.00. The number of aromatic nitrogens is 2. The Bertz CT molecular complexity index is 1100. The topological polar surface area (TPSA) is 95.7 Å². The first kappa shape index (κ1) is 20.9. The van der Waals surface area contributed by atoms with E-state index in [0.29, 0.717) is 35.1 Å². The molecule has 0 spiro atoms. The van der Waals surface area contributed by atoms with E-state index >= 15 is 0 Å². The molecule has 9 heteroatoms. The van der Waals surface area contributed by atoms with E-state index < -0.39 is 5.82 Å². The number of halogens is 1. The summed E-state index contributed by atoms with van der Waals surface area (Å²) in [7, 11) is 1.46. The lowest BCUT2D eigenvalue weighted by Crippen LogP contribution is -2.35. The van der Waals surface area contributed by atoms with Crippen LogP contribution in [0.15, 0.2) is 28.8 Å². The highest BCUT2D eigenvalue weighted by Crippen LogP contribution is 2.38. The minimum absolute atomic E-state index is 0.0971. The SMILES string of the molecule is COc1cc(-c2nc3cnc(OC[C@H](C)NC(C)=O)cc3o2)cc(F)c1OCC1CC1. The lowest BCUT2D eigenvalue weighted by Gasteiger charge is -2.12. The molecule has 0 radical (unpaired) electrons. The Morgan fingerprint density at radius 2 is 2.13 bits per heavy atom. The fourth-order valence-electron chi connectivity index (χ4n) is 3.08. The number of ether oxygens (including phenoxy) is 3. The highest BCUT2D eigenvalue weighted by atomic mass is 19.1. The van der Waals surface area contributed by atoms with Crippen molar-refractivity contribution in [3.63, 3.8) is 0 Å². The number of nitrogens with one attached hydrogen (secondary N) is 1. The van der Waals surface area contributed by atoms with E-state index in [9.17, 15) is 9.18 Å². The maximum atomic E-state index is 14.7. The normalized spacial score (nSPS) is 14.3. The second-order valence-corrected chi connectivity index (χ2v) is 7.67. The molecule has 164 valence electrons. The van der Waals surface area contributed by atoms with Gasteiger partial charge < -0.3 is 23.9 Å². The average molecular weight is 429 g/mol. The van der Waals surface area contributed by atoms with Gasteiger partial charge in [0.25, 0.3) is 0 Å². The number of benzene rings is 1. The molecule has 0 unspecified atom stereocenters. The second-order valence-electron chi connectivity index (χ2n) is 7.67. The summed E-state index contributed by atoms with van der Waals surface area (Å²) in [6, 6.07) is 4.38. The minimum atomic E-state index is -0.536. The number of hydrogen-bond acceptors (Lipinski definition) is 7. The molecule has 1 aliphatic carbocycles. The van der Waals surface area contributed by atoms with Crippen LogP contribution in [0.25, 0.3) is 22.6 Å². The molecule has 0 aliphatic heterocycles. The summed E-state index contributed by atoms with van der Waals surface area (Å²) in [4.78, 5) is 19.7. The highest BCUT2D eigenvalue weighted by molar-refractivity contribution is 5.76. The van der Waals surface area contributed by atoms with Gasteiger partial charge in [-0.1, -0.05) is 0 Å². The van der Waals surface area contributed by atoms with Crippen molar-refractivity contribution in [3.8, 4) is 28.8 Å². The van der Waals surface area contributed by atoms with Gasteiger partial charge in [0.05, 0.1) is 26.0 Å². The third-order valence-corrected chi connectivity index (χ3v) is 4.82. The monoisotopic (exact) mass is 429 g/mol. The van der Waals surface area contributed by atoms with E-state index in [1.54, 1.807) is 12.1 Å². The molecule has 1 aliphatic rings. The first-order valence-corrected chi connectivity index (χ1v) is 10.1. The van der Waals surface area contributed by atoms with Crippen LogP contribution < -0.4 is 19.5 Å². The van der Waals surface area contributed by atoms with Crippen molar-refractivity contribution in [2.24, 2.45) is 5.92 Å². The molecule has 3 aromatic rings. The van der Waals surface area contributed by atoms with Gasteiger partial charge in [0.1, 0.15) is 12.1 Å². The number of fused-ring (bicyclic) bond motifs is 1. The Kier molecular flexibility index (Phi) is 5.92. The van der Waals surface area contributed by atoms with E-state index in [-0.39, 0.29) is 35.9 Å². The van der Waals surface area contributed by atoms with Crippen molar-refractivity contribution in [2.45, 2.75) is 32.7 Å². The van der Waals surface area contributed by atoms with Gasteiger partial charge in [0.2, 0.25) is 17.7 Å². The van der Waals surface area contributed by atoms with E-state index in [2.05, 4.69) is 15.3 Å². The van der Waals surface area contributed by atoms with Crippen molar-refractivity contribution >= 4 is 17.0 Å². The predicted octanol–water partition coefficient (Wildman–Crippen LogP) is 3.73. The average Bonchev–Trinajstić information content (AvgIpc) is 3.46. The number of pyridine rings is 1. The summed E-state index contributed by atoms with van der Waals surface area (Å²) in [5, 5.41) is 2.73. The minimum Gasteiger partial charge on any atom is -0.493 e. The van der Waals surface area contributed by atoms with Crippen LogP contribution in [0, 0.1) is 11.7 Å². The molecule has 2 aromatic heterocycles. The summed E-state index contributed by atoms with van der Waals surface area (Å²) >= 11 is 0. The first-order valence-electron chi connectivity index (χ1n) is 10.1. The van der Waals surface area contributed by atoms with Crippen LogP contribution in [0.5, 0.6) is 17.4 Å². The Labute approximate surface area is 178 Å². The van der Waals surface area contributed by atoms with Gasteiger partial charge in [0, 0.05) is 18.6 Å². The zero-order chi connectivity index (χ0) is 22.0. The summed E-state index contributed by atoms with van der Waals surface area (Å²) in [5.41, 5.74) is 1.37. The van der Waals surface area contributed by atoms with Gasteiger partial charge in [-0.05, 0) is 37.8 Å². The summed E-state index contributed by atoms with van der Waals surface area (Å²) < 4.78 is 37.0. The van der Waals surface area contributed by atoms with Crippen LogP contribution in [0.3, 0.4) is 0 Å². The molecule has 1 amide bonds. The van der Waals surface area contributed by atoms with Gasteiger partial charge in [-0.25, -0.2) is 14.4 Å². The Morgan fingerprint density at radius 3 is 2.84 bits per heavy atom. The number of amides is 1. The van der Waals surface area contributed by atoms with E-state index in [4.69, 9.17) is 18.6 Å². The predicted molar refractivity (Wildman–Crippen MR) is 111 cm³/mol. The number of methoxy groups -OCH3 is 1. The molecular formula is C22H24FN3O5. The molecular weight excluding hydrogens is 405 g/mol. The van der Waals surface area contributed by atoms with Crippen LogP contribution in [0.2, 0.25) is 0 Å². The molecule has 0 bridgehead atoms. The quantitative estimate of drug-likeness (QED) is 0.554. The standard InChI is InChI=1S/C22H24FN3O5/c1-12(25-13(2)27)10-29-20-8-18-17(9-24-20)26-22(31-18)15-6-16(23)21(19(7-15)28-3)30-11-14-4-5-14/h6-9,12,14H,4-5,10-11H2,1-3H3,(H,25,27)/t12-/m0/s1. The molecule has 8 nitrogen and oxygen atoms in total. The van der Waals surface area contributed by atoms with Gasteiger partial charge in [-0.3, -0.25) is 4.79 Å². The van der Waals surface area contributed by atoms with Crippen LogP contribution >= 0.6 is 0 Å². The fraction of sp³-hybridized carbons (Fsp3) is 0.409. The molecule has 31 heavy (non-hydrogen) atoms. The van der Waals surface area contributed by atoms with Crippen LogP contribution in [0.1, 0.15) is 26.7 Å². The number of hydrogen-bond donors (Lipinski definition) is 1. The third kappa shape index (κ3) is 5.04. The summed E-state index contributed by atoms with van der Waals surface area (Å²) in [5.74, 6) is 0.766. The Balaban J connectivity index is 1.53. The summed E-state index contributed by atoms with van der Waals surface area (Å²) in [6.07, 6.45) is 3.73. The number of oxazole rings is 1. The molecule has 1 saturated carbocycles. The van der Waals surface area contributed by atoms with Crippen molar-refractivity contribution in [1.29, 1.82) is 0 Å². The van der Waals surface area contributed by atoms with Gasteiger partial charge in [-0.2, -0.15) is 0 Å². The van der Waals surface area contributed by atoms with Crippen LogP contribution in [0.4, 0.5) is 4.39 Å². The third-order valence-electron chi connectivity index (χ3n) is 4.82. The second kappa shape index (κ2) is 8.79. The maximum absolute atomic E-state index is 14.7. The molecule has 1 atom stereocenters. The largest absolute Gasteiger partial charge is 0.493 e. The van der Waals surface area contributed by atoms with Crippen molar-refractivity contribution in [2.75, 3.05) is 20.3 Å². The molecule has 1 N–H and O–H groups in total. The molecule has 4 rings (SSSR count). The first-order chi connectivity index (χ1) is 14.9. The van der Waals surface area contributed by atoms with E-state index in [0.717, 1.165) is 12.8 Å². The zero-order valence-electron chi connectivity index (χ0n) is 17.6. The highest BCUT2D eigenvalue weighted by Gasteiger charge is 2.24. The zero-order valence-corrected chi connectivity index (χ0v) is 17.6. The molecule has 0 saturated heterocycles. The van der Waals surface area contributed by atoms with E-state index in [1.165, 1.54) is 26.3 Å². The lowest BCUT2D eigenvalue weighted by atomic mass is 10.2. The number of carbonyl (C=O) groups is 1. The van der Waals surface area contributed by atoms with Gasteiger partial charge in [0.15, 0.2) is 22.9 Å². The lowest BCUT2D eigenvalue weighted by molar-refractivity contribution is -0.119. The number of nitrogens with zero attached hydrogens (tertiary/aromatic N) is 2. The number of carbonyl (C=O) groups excluding carboxylic acids is 1. The Morgan fingerprint density at radius 1 is 1.32 bits per heavy atom. The van der Waals surface area contributed by atoms with E-state index in [1.807, 2.05) is 6.92 Å². The van der Waals surface area contributed by atoms with Gasteiger partial charge in [-0.15, -0.1) is 0 Å². The fourth-order valence-corrected chi connectivity index (χ4v) is 3.08. The number of rotatable bonds is 9. The maximum Gasteiger partial charge on any atom is 0.227 e. The van der Waals surface area contributed by atoms with Crippen molar-refractivity contribution in [1.82, 2.24) is 15.3 Å². The smallest absolute Gasteiger partial charge is 0.227 e. The van der Waals surface area contributed by atoms with Crippen molar-refractivity contribution < 1.29 is 27.8 Å². The van der Waals surface area contributed by atoms with Crippen LogP contribution in [-0.2, 0) is 4.79 Å². The van der Waals surface area contributed by atoms with Crippen LogP contribution in [-0.4, -0.2) is 42.2 Å². The van der Waals surface area contributed by atoms with Gasteiger partial charge >= 0.3 is 0 Å².